The quantitative estimate of drug-likeness (QED) is 0.462. The summed E-state index contributed by atoms with van der Waals surface area (Å²) in [6.07, 6.45) is 1.84. The number of amides is 3. The Hall–Kier alpha value is -4.13. The topological polar surface area (TPSA) is 73.0 Å². The predicted molar refractivity (Wildman–Crippen MR) is 157 cm³/mol. The van der Waals surface area contributed by atoms with Crippen molar-refractivity contribution in [2.75, 3.05) is 31.2 Å². The van der Waals surface area contributed by atoms with Crippen LogP contribution >= 0.6 is 0 Å². The number of carbonyl (C=O) groups excluding carboxylic acids is 3. The van der Waals surface area contributed by atoms with Crippen molar-refractivity contribution < 1.29 is 14.4 Å². The van der Waals surface area contributed by atoms with Gasteiger partial charge in [0.25, 0.3) is 5.91 Å². The highest BCUT2D eigenvalue weighted by molar-refractivity contribution is 5.96. The third kappa shape index (κ3) is 5.46. The van der Waals surface area contributed by atoms with E-state index in [-0.39, 0.29) is 30.3 Å². The number of hydrogen-bond donors (Lipinski definition) is 1. The minimum Gasteiger partial charge on any atom is -0.352 e. The zero-order chi connectivity index (χ0) is 28.1. The van der Waals surface area contributed by atoms with E-state index >= 15 is 0 Å². The highest BCUT2D eigenvalue weighted by atomic mass is 16.2. The zero-order valence-electron chi connectivity index (χ0n) is 23.3. The molecule has 3 aromatic carbocycles. The van der Waals surface area contributed by atoms with Gasteiger partial charge >= 0.3 is 0 Å². The first-order valence-electron chi connectivity index (χ1n) is 14.2. The van der Waals surface area contributed by atoms with Crippen LogP contribution in [0, 0.1) is 0 Å². The Morgan fingerprint density at radius 1 is 0.850 bits per heavy atom. The maximum Gasteiger partial charge on any atom is 0.250 e. The molecule has 1 atom stereocenters. The fraction of sp³-hybridized carbons (Fsp3) is 0.364. The summed E-state index contributed by atoms with van der Waals surface area (Å²) in [7, 11) is 0. The summed E-state index contributed by atoms with van der Waals surface area (Å²) < 4.78 is 0. The number of nitrogens with one attached hydrogen (secondary N) is 1. The van der Waals surface area contributed by atoms with E-state index in [9.17, 15) is 14.4 Å². The van der Waals surface area contributed by atoms with Crippen LogP contribution in [0.1, 0.15) is 50.2 Å². The van der Waals surface area contributed by atoms with Gasteiger partial charge in [-0.1, -0.05) is 85.8 Å². The Bertz CT molecular complexity index is 1270. The highest BCUT2D eigenvalue weighted by Gasteiger charge is 2.54. The van der Waals surface area contributed by atoms with Crippen molar-refractivity contribution >= 4 is 23.4 Å². The summed E-state index contributed by atoms with van der Waals surface area (Å²) in [5.41, 5.74) is 2.08. The summed E-state index contributed by atoms with van der Waals surface area (Å²) in [6, 6.07) is 29.7. The molecular weight excluding hydrogens is 500 g/mol. The van der Waals surface area contributed by atoms with Gasteiger partial charge in [0.15, 0.2) is 0 Å². The molecule has 40 heavy (non-hydrogen) atoms. The van der Waals surface area contributed by atoms with E-state index in [1.54, 1.807) is 4.90 Å². The number of rotatable bonds is 8. The third-order valence-electron chi connectivity index (χ3n) is 8.35. The van der Waals surface area contributed by atoms with Gasteiger partial charge in [-0.2, -0.15) is 0 Å². The molecule has 5 rings (SSSR count). The molecule has 1 spiro atoms. The second-order valence-electron chi connectivity index (χ2n) is 10.9. The van der Waals surface area contributed by atoms with Crippen LogP contribution in [0.2, 0.25) is 0 Å². The summed E-state index contributed by atoms with van der Waals surface area (Å²) in [5, 5.41) is 2.98. The molecule has 0 aromatic heterocycles. The Morgan fingerprint density at radius 3 is 1.90 bits per heavy atom. The molecule has 0 saturated carbocycles. The van der Waals surface area contributed by atoms with Gasteiger partial charge in [0, 0.05) is 24.8 Å². The summed E-state index contributed by atoms with van der Waals surface area (Å²) in [4.78, 5) is 46.5. The maximum atomic E-state index is 14.0. The van der Waals surface area contributed by atoms with Crippen molar-refractivity contribution in [3.8, 4) is 0 Å². The minimum absolute atomic E-state index is 0.0288. The normalized spacial score (nSPS) is 17.4. The first kappa shape index (κ1) is 27.4. The van der Waals surface area contributed by atoms with Gasteiger partial charge in [0.1, 0.15) is 12.1 Å². The van der Waals surface area contributed by atoms with Gasteiger partial charge < -0.3 is 20.0 Å². The van der Waals surface area contributed by atoms with Crippen molar-refractivity contribution in [3.05, 3.63) is 102 Å². The van der Waals surface area contributed by atoms with E-state index < -0.39 is 11.5 Å². The largest absolute Gasteiger partial charge is 0.352 e. The molecule has 2 aliphatic rings. The second kappa shape index (κ2) is 11.9. The molecule has 2 fully saturated rings. The van der Waals surface area contributed by atoms with E-state index in [0.717, 1.165) is 23.2 Å². The average Bonchev–Trinajstić information content (AvgIpc) is 3.25. The Balaban J connectivity index is 1.38. The zero-order valence-corrected chi connectivity index (χ0v) is 23.3. The number of likely N-dealkylation sites (tertiary alicyclic amines) is 1. The number of carbonyl (C=O) groups is 3. The predicted octanol–water partition coefficient (Wildman–Crippen LogP) is 4.40. The number of anilines is 1. The summed E-state index contributed by atoms with van der Waals surface area (Å²) in [6.45, 7) is 5.30. The molecule has 2 saturated heterocycles. The molecular formula is C33H38N4O3. The monoisotopic (exact) mass is 538 g/mol. The number of hydrogen-bond acceptors (Lipinski definition) is 4. The fourth-order valence-electron chi connectivity index (χ4n) is 5.97. The molecule has 0 aliphatic carbocycles. The van der Waals surface area contributed by atoms with Crippen LogP contribution in [0.25, 0.3) is 0 Å². The Morgan fingerprint density at radius 2 is 1.38 bits per heavy atom. The van der Waals surface area contributed by atoms with Gasteiger partial charge in [-0.3, -0.25) is 14.4 Å². The molecule has 7 heteroatoms. The fourth-order valence-corrected chi connectivity index (χ4v) is 5.97. The summed E-state index contributed by atoms with van der Waals surface area (Å²) >= 11 is 0. The first-order chi connectivity index (χ1) is 19.4. The summed E-state index contributed by atoms with van der Waals surface area (Å²) in [5.74, 6) is -0.533. The smallest absolute Gasteiger partial charge is 0.250 e. The van der Waals surface area contributed by atoms with Crippen LogP contribution < -0.4 is 10.2 Å². The third-order valence-corrected chi connectivity index (χ3v) is 8.35. The van der Waals surface area contributed by atoms with Crippen molar-refractivity contribution in [2.45, 2.75) is 50.6 Å². The van der Waals surface area contributed by atoms with E-state index in [1.807, 2.05) is 110 Å². The number of piperidine rings is 1. The lowest BCUT2D eigenvalue weighted by atomic mass is 9.83. The second-order valence-corrected chi connectivity index (χ2v) is 10.9. The molecule has 208 valence electrons. The molecule has 2 aliphatic heterocycles. The number of benzene rings is 3. The highest BCUT2D eigenvalue weighted by Crippen LogP contribution is 2.40. The number of para-hydroxylation sites is 1. The van der Waals surface area contributed by atoms with Gasteiger partial charge in [-0.15, -0.1) is 0 Å². The molecule has 7 nitrogen and oxygen atoms in total. The molecule has 2 heterocycles. The molecule has 0 radical (unpaired) electrons. The maximum absolute atomic E-state index is 14.0. The van der Waals surface area contributed by atoms with Gasteiger partial charge in [-0.05, 0) is 49.4 Å². The van der Waals surface area contributed by atoms with Gasteiger partial charge in [-0.25, -0.2) is 0 Å². The van der Waals surface area contributed by atoms with E-state index in [1.165, 1.54) is 0 Å². The lowest BCUT2D eigenvalue weighted by molar-refractivity contribution is -0.140. The van der Waals surface area contributed by atoms with Gasteiger partial charge in [0.2, 0.25) is 11.8 Å². The average molecular weight is 539 g/mol. The van der Waals surface area contributed by atoms with Crippen molar-refractivity contribution in [1.29, 1.82) is 0 Å². The molecule has 3 aromatic rings. The Kier molecular flexibility index (Phi) is 8.19. The van der Waals surface area contributed by atoms with Crippen LogP contribution in [-0.4, -0.2) is 65.4 Å². The standard InChI is InChI=1S/C33H38N4O3/c1-3-25(2)34-29(38)23-36-24-37(28-17-11-6-12-18-28)33(32(36)40)19-21-35(22-20-33)31(39)30(26-13-7-4-8-14-26)27-15-9-5-10-16-27/h4-18,25,30H,3,19-24H2,1-2H3,(H,34,38). The van der Waals surface area contributed by atoms with Crippen LogP contribution in [0.5, 0.6) is 0 Å². The van der Waals surface area contributed by atoms with E-state index in [0.29, 0.717) is 32.6 Å². The minimum atomic E-state index is -0.788. The molecule has 1 unspecified atom stereocenters. The molecule has 1 N–H and O–H groups in total. The van der Waals surface area contributed by atoms with Crippen molar-refractivity contribution in [2.24, 2.45) is 0 Å². The lowest BCUT2D eigenvalue weighted by Gasteiger charge is -2.44. The van der Waals surface area contributed by atoms with Crippen LogP contribution in [0.4, 0.5) is 5.69 Å². The van der Waals surface area contributed by atoms with Crippen molar-refractivity contribution in [1.82, 2.24) is 15.1 Å². The SMILES string of the molecule is CCC(C)NC(=O)CN1CN(c2ccccc2)C2(CCN(C(=O)C(c3ccccc3)c3ccccc3)CC2)C1=O. The van der Waals surface area contributed by atoms with Crippen molar-refractivity contribution in [3.63, 3.8) is 0 Å². The van der Waals surface area contributed by atoms with Crippen LogP contribution in [0.15, 0.2) is 91.0 Å². The molecule has 3 amide bonds. The van der Waals surface area contributed by atoms with Gasteiger partial charge in [0.05, 0.1) is 12.6 Å². The lowest BCUT2D eigenvalue weighted by Crippen LogP contribution is -2.58. The Labute approximate surface area is 236 Å². The van der Waals surface area contributed by atoms with Crippen LogP contribution in [-0.2, 0) is 14.4 Å². The first-order valence-corrected chi connectivity index (χ1v) is 14.2. The molecule has 0 bridgehead atoms. The van der Waals surface area contributed by atoms with Crippen LogP contribution in [0.3, 0.4) is 0 Å². The number of nitrogens with zero attached hydrogens (tertiary/aromatic N) is 3. The van der Waals surface area contributed by atoms with E-state index in [4.69, 9.17) is 0 Å². The van der Waals surface area contributed by atoms with E-state index in [2.05, 4.69) is 10.2 Å².